The maximum atomic E-state index is 11.7. The maximum absolute atomic E-state index is 11.7. The van der Waals surface area contributed by atoms with Gasteiger partial charge in [-0.25, -0.2) is 0 Å². The molecular weight excluding hydrogens is 256 g/mol. The van der Waals surface area contributed by atoms with Gasteiger partial charge in [-0.05, 0) is 38.0 Å². The summed E-state index contributed by atoms with van der Waals surface area (Å²) in [5.41, 5.74) is 6.78. The molecule has 0 saturated carbocycles. The molecule has 0 aromatic heterocycles. The highest BCUT2D eigenvalue weighted by atomic mass is 16.5. The molecule has 1 aromatic rings. The lowest BCUT2D eigenvalue weighted by atomic mass is 10.1. The lowest BCUT2D eigenvalue weighted by Gasteiger charge is -2.15. The summed E-state index contributed by atoms with van der Waals surface area (Å²) < 4.78 is 10.8. The molecule has 0 saturated heterocycles. The smallest absolute Gasteiger partial charge is 0.258 e. The van der Waals surface area contributed by atoms with E-state index in [0.717, 1.165) is 12.0 Å². The molecule has 20 heavy (non-hydrogen) atoms. The van der Waals surface area contributed by atoms with E-state index in [1.165, 1.54) is 0 Å². The second-order valence-electron chi connectivity index (χ2n) is 4.86. The van der Waals surface area contributed by atoms with Crippen LogP contribution in [0.1, 0.15) is 38.8 Å². The summed E-state index contributed by atoms with van der Waals surface area (Å²) in [7, 11) is 1.56. The van der Waals surface area contributed by atoms with Gasteiger partial charge in [0.05, 0.1) is 7.11 Å². The van der Waals surface area contributed by atoms with E-state index >= 15 is 0 Å². The molecule has 1 rings (SSSR count). The van der Waals surface area contributed by atoms with Crippen molar-refractivity contribution in [3.05, 3.63) is 23.8 Å². The molecule has 1 aromatic carbocycles. The zero-order valence-corrected chi connectivity index (χ0v) is 12.6. The van der Waals surface area contributed by atoms with Crippen LogP contribution in [-0.4, -0.2) is 25.7 Å². The highest BCUT2D eigenvalue weighted by Gasteiger charge is 2.11. The molecule has 0 fully saturated rings. The van der Waals surface area contributed by atoms with Gasteiger partial charge in [0.2, 0.25) is 0 Å². The summed E-state index contributed by atoms with van der Waals surface area (Å²) in [5, 5.41) is 2.84. The fraction of sp³-hybridized carbons (Fsp3) is 0.533. The number of hydrogen-bond acceptors (Lipinski definition) is 4. The minimum Gasteiger partial charge on any atom is -0.493 e. The first kappa shape index (κ1) is 16.3. The van der Waals surface area contributed by atoms with Crippen molar-refractivity contribution in [2.24, 2.45) is 5.73 Å². The Labute approximate surface area is 120 Å². The number of nitrogens with two attached hydrogens (primary N) is 1. The van der Waals surface area contributed by atoms with Crippen LogP contribution in [0.3, 0.4) is 0 Å². The van der Waals surface area contributed by atoms with Gasteiger partial charge in [-0.1, -0.05) is 13.0 Å². The van der Waals surface area contributed by atoms with E-state index in [9.17, 15) is 4.79 Å². The number of carbonyl (C=O) groups excluding carboxylic acids is 1. The van der Waals surface area contributed by atoms with E-state index in [1.807, 2.05) is 32.9 Å². The summed E-state index contributed by atoms with van der Waals surface area (Å²) >= 11 is 0. The average Bonchev–Trinajstić information content (AvgIpc) is 2.44. The van der Waals surface area contributed by atoms with Crippen molar-refractivity contribution in [1.29, 1.82) is 0 Å². The number of amides is 1. The van der Waals surface area contributed by atoms with Gasteiger partial charge in [0.15, 0.2) is 18.1 Å². The number of hydrogen-bond donors (Lipinski definition) is 2. The summed E-state index contributed by atoms with van der Waals surface area (Å²) in [4.78, 5) is 11.7. The Bertz CT molecular complexity index is 447. The Hall–Kier alpha value is -1.75. The van der Waals surface area contributed by atoms with E-state index in [4.69, 9.17) is 15.2 Å². The first-order chi connectivity index (χ1) is 9.47. The first-order valence-corrected chi connectivity index (χ1v) is 6.83. The van der Waals surface area contributed by atoms with E-state index in [0.29, 0.717) is 11.5 Å². The van der Waals surface area contributed by atoms with Crippen LogP contribution < -0.4 is 20.5 Å². The zero-order valence-electron chi connectivity index (χ0n) is 12.6. The molecule has 0 radical (unpaired) electrons. The highest BCUT2D eigenvalue weighted by Crippen LogP contribution is 2.29. The molecule has 0 bridgehead atoms. The van der Waals surface area contributed by atoms with Crippen LogP contribution >= 0.6 is 0 Å². The Morgan fingerprint density at radius 2 is 2.05 bits per heavy atom. The summed E-state index contributed by atoms with van der Waals surface area (Å²) in [6.07, 6.45) is 0.887. The van der Waals surface area contributed by atoms with Crippen LogP contribution in [-0.2, 0) is 4.79 Å². The number of nitrogens with one attached hydrogen (secondary N) is 1. The van der Waals surface area contributed by atoms with Crippen molar-refractivity contribution in [1.82, 2.24) is 5.32 Å². The molecule has 0 heterocycles. The molecule has 0 aliphatic heterocycles. The standard InChI is InChI=1S/C15H24N2O3/c1-5-10(2)17-15(18)9-20-13-7-6-12(11(3)16)8-14(13)19-4/h6-8,10-11H,5,9,16H2,1-4H3,(H,17,18). The average molecular weight is 280 g/mol. The monoisotopic (exact) mass is 280 g/mol. The Balaban J connectivity index is 2.66. The minimum absolute atomic E-state index is 0.0295. The molecule has 0 spiro atoms. The molecule has 1 amide bonds. The SMILES string of the molecule is CCC(C)NC(=O)COc1ccc(C(C)N)cc1OC. The lowest BCUT2D eigenvalue weighted by molar-refractivity contribution is -0.123. The van der Waals surface area contributed by atoms with E-state index in [1.54, 1.807) is 13.2 Å². The number of methoxy groups -OCH3 is 1. The van der Waals surface area contributed by atoms with Gasteiger partial charge in [-0.15, -0.1) is 0 Å². The quantitative estimate of drug-likeness (QED) is 0.801. The van der Waals surface area contributed by atoms with Crippen LogP contribution in [0.4, 0.5) is 0 Å². The van der Waals surface area contributed by atoms with Crippen molar-refractivity contribution in [2.75, 3.05) is 13.7 Å². The van der Waals surface area contributed by atoms with Gasteiger partial charge in [0.25, 0.3) is 5.91 Å². The van der Waals surface area contributed by atoms with E-state index in [-0.39, 0.29) is 24.6 Å². The van der Waals surface area contributed by atoms with Crippen molar-refractivity contribution in [3.8, 4) is 11.5 Å². The molecular formula is C15H24N2O3. The van der Waals surface area contributed by atoms with Crippen LogP contribution in [0.2, 0.25) is 0 Å². The van der Waals surface area contributed by atoms with E-state index < -0.39 is 0 Å². The predicted molar refractivity (Wildman–Crippen MR) is 79.0 cm³/mol. The topological polar surface area (TPSA) is 73.6 Å². The first-order valence-electron chi connectivity index (χ1n) is 6.83. The molecule has 2 atom stereocenters. The van der Waals surface area contributed by atoms with Crippen molar-refractivity contribution in [2.45, 2.75) is 39.3 Å². The molecule has 5 heteroatoms. The van der Waals surface area contributed by atoms with Gasteiger partial charge in [-0.3, -0.25) is 4.79 Å². The number of rotatable bonds is 7. The van der Waals surface area contributed by atoms with Gasteiger partial charge < -0.3 is 20.5 Å². The molecule has 112 valence electrons. The van der Waals surface area contributed by atoms with Crippen LogP contribution in [0.25, 0.3) is 0 Å². The van der Waals surface area contributed by atoms with Gasteiger partial charge >= 0.3 is 0 Å². The molecule has 0 aliphatic rings. The van der Waals surface area contributed by atoms with Crippen molar-refractivity contribution < 1.29 is 14.3 Å². The highest BCUT2D eigenvalue weighted by molar-refractivity contribution is 5.77. The Morgan fingerprint density at radius 1 is 1.35 bits per heavy atom. The third-order valence-corrected chi connectivity index (χ3v) is 3.09. The fourth-order valence-electron chi connectivity index (χ4n) is 1.65. The number of ether oxygens (including phenoxy) is 2. The van der Waals surface area contributed by atoms with E-state index in [2.05, 4.69) is 5.32 Å². The molecule has 5 nitrogen and oxygen atoms in total. The lowest BCUT2D eigenvalue weighted by Crippen LogP contribution is -2.35. The van der Waals surface area contributed by atoms with Gasteiger partial charge in [0, 0.05) is 12.1 Å². The van der Waals surface area contributed by atoms with Crippen LogP contribution in [0.5, 0.6) is 11.5 Å². The normalized spacial score (nSPS) is 13.4. The number of benzene rings is 1. The molecule has 0 aliphatic carbocycles. The Kier molecular flexibility index (Phi) is 6.31. The van der Waals surface area contributed by atoms with Crippen molar-refractivity contribution >= 4 is 5.91 Å². The van der Waals surface area contributed by atoms with Gasteiger partial charge in [-0.2, -0.15) is 0 Å². The predicted octanol–water partition coefficient (Wildman–Crippen LogP) is 2.01. The zero-order chi connectivity index (χ0) is 15.1. The second kappa shape index (κ2) is 7.75. The Morgan fingerprint density at radius 3 is 2.60 bits per heavy atom. The summed E-state index contributed by atoms with van der Waals surface area (Å²) in [6, 6.07) is 5.54. The minimum atomic E-state index is -0.141. The molecule has 3 N–H and O–H groups in total. The third kappa shape index (κ3) is 4.74. The van der Waals surface area contributed by atoms with Gasteiger partial charge in [0.1, 0.15) is 0 Å². The second-order valence-corrected chi connectivity index (χ2v) is 4.86. The summed E-state index contributed by atoms with van der Waals surface area (Å²) in [5.74, 6) is 0.977. The fourth-order valence-corrected chi connectivity index (χ4v) is 1.65. The third-order valence-electron chi connectivity index (χ3n) is 3.09. The number of carbonyl (C=O) groups is 1. The summed E-state index contributed by atoms with van der Waals surface area (Å²) in [6.45, 7) is 5.84. The largest absolute Gasteiger partial charge is 0.493 e. The maximum Gasteiger partial charge on any atom is 0.258 e. The molecule has 2 unspecified atom stereocenters. The van der Waals surface area contributed by atoms with Crippen molar-refractivity contribution in [3.63, 3.8) is 0 Å². The van der Waals surface area contributed by atoms with Crippen LogP contribution in [0.15, 0.2) is 18.2 Å². The van der Waals surface area contributed by atoms with Crippen LogP contribution in [0, 0.1) is 0 Å².